The number of rotatable bonds is 4. The number of nitrogens with one attached hydrogen (secondary N) is 1. The van der Waals surface area contributed by atoms with Gasteiger partial charge in [-0.25, -0.2) is 4.98 Å². The van der Waals surface area contributed by atoms with Crippen molar-refractivity contribution < 1.29 is 9.90 Å². The van der Waals surface area contributed by atoms with Gasteiger partial charge in [0.2, 0.25) is 0 Å². The summed E-state index contributed by atoms with van der Waals surface area (Å²) in [5.74, 6) is -1.05. The van der Waals surface area contributed by atoms with Crippen molar-refractivity contribution in [3.8, 4) is 0 Å². The zero-order valence-corrected chi connectivity index (χ0v) is 11.1. The number of piperidine rings is 1. The Labute approximate surface area is 110 Å². The third-order valence-electron chi connectivity index (χ3n) is 3.15. The van der Waals surface area contributed by atoms with Gasteiger partial charge in [-0.15, -0.1) is 11.3 Å². The number of carboxylic acid groups (broad SMARTS) is 1. The average molecular weight is 270 g/mol. The summed E-state index contributed by atoms with van der Waals surface area (Å²) in [5.41, 5.74) is 5.93. The van der Waals surface area contributed by atoms with Gasteiger partial charge in [-0.05, 0) is 33.0 Å². The first-order valence-corrected chi connectivity index (χ1v) is 6.83. The lowest BCUT2D eigenvalue weighted by Gasteiger charge is -2.29. The molecule has 0 amide bonds. The molecule has 7 heteroatoms. The first kappa shape index (κ1) is 13.3. The maximum absolute atomic E-state index is 10.7. The molecule has 0 bridgehead atoms. The molecule has 1 aromatic rings. The van der Waals surface area contributed by atoms with E-state index in [1.54, 1.807) is 5.38 Å². The Morgan fingerprint density at radius 3 is 2.94 bits per heavy atom. The molecular weight excluding hydrogens is 252 g/mol. The van der Waals surface area contributed by atoms with Crippen molar-refractivity contribution in [3.05, 3.63) is 11.1 Å². The molecule has 1 fully saturated rings. The second kappa shape index (κ2) is 5.64. The third kappa shape index (κ3) is 3.18. The number of nitrogens with zero attached hydrogens (tertiary/aromatic N) is 2. The number of hydrogen-bond acceptors (Lipinski definition) is 6. The van der Waals surface area contributed by atoms with E-state index in [2.05, 4.69) is 22.2 Å². The van der Waals surface area contributed by atoms with Crippen LogP contribution in [0.1, 0.15) is 24.6 Å². The van der Waals surface area contributed by atoms with E-state index in [9.17, 15) is 4.79 Å². The number of carbonyl (C=O) groups is 1. The number of thiazole rings is 1. The molecule has 0 spiro atoms. The van der Waals surface area contributed by atoms with Crippen molar-refractivity contribution in [1.29, 1.82) is 0 Å². The summed E-state index contributed by atoms with van der Waals surface area (Å²) in [7, 11) is 2.11. The van der Waals surface area contributed by atoms with Gasteiger partial charge in [0.05, 0.1) is 5.69 Å². The van der Waals surface area contributed by atoms with Gasteiger partial charge in [0.15, 0.2) is 5.13 Å². The van der Waals surface area contributed by atoms with E-state index in [1.165, 1.54) is 11.3 Å². The lowest BCUT2D eigenvalue weighted by molar-refractivity contribution is -0.138. The smallest absolute Gasteiger partial charge is 0.326 e. The van der Waals surface area contributed by atoms with Gasteiger partial charge >= 0.3 is 5.97 Å². The molecule has 18 heavy (non-hydrogen) atoms. The van der Waals surface area contributed by atoms with Crippen molar-refractivity contribution in [1.82, 2.24) is 9.88 Å². The highest BCUT2D eigenvalue weighted by Gasteiger charge is 2.20. The van der Waals surface area contributed by atoms with Crippen LogP contribution in [0.2, 0.25) is 0 Å². The quantitative estimate of drug-likeness (QED) is 0.747. The van der Waals surface area contributed by atoms with E-state index in [0.29, 0.717) is 11.7 Å². The zero-order chi connectivity index (χ0) is 13.1. The van der Waals surface area contributed by atoms with E-state index in [-0.39, 0.29) is 0 Å². The Balaban J connectivity index is 1.92. The molecule has 2 heterocycles. The van der Waals surface area contributed by atoms with Gasteiger partial charge in [-0.1, -0.05) is 0 Å². The fraction of sp³-hybridized carbons (Fsp3) is 0.636. The van der Waals surface area contributed by atoms with Crippen LogP contribution in [0.15, 0.2) is 5.38 Å². The van der Waals surface area contributed by atoms with Crippen molar-refractivity contribution in [2.45, 2.75) is 24.9 Å². The van der Waals surface area contributed by atoms with Crippen LogP contribution in [0.5, 0.6) is 0 Å². The first-order valence-electron chi connectivity index (χ1n) is 5.95. The number of aromatic nitrogens is 1. The van der Waals surface area contributed by atoms with Crippen molar-refractivity contribution in [2.75, 3.05) is 25.5 Å². The molecular formula is C11H18N4O2S. The Kier molecular flexibility index (Phi) is 4.15. The van der Waals surface area contributed by atoms with Crippen LogP contribution in [0.3, 0.4) is 0 Å². The maximum Gasteiger partial charge on any atom is 0.326 e. The number of aliphatic carboxylic acids is 1. The minimum absolute atomic E-state index is 0.418. The molecule has 100 valence electrons. The fourth-order valence-electron chi connectivity index (χ4n) is 1.95. The number of carboxylic acids is 1. The summed E-state index contributed by atoms with van der Waals surface area (Å²) >= 11 is 1.41. The zero-order valence-electron chi connectivity index (χ0n) is 10.3. The lowest BCUT2D eigenvalue weighted by Crippen LogP contribution is -2.36. The highest BCUT2D eigenvalue weighted by Crippen LogP contribution is 2.22. The highest BCUT2D eigenvalue weighted by atomic mass is 32.1. The predicted molar refractivity (Wildman–Crippen MR) is 70.8 cm³/mol. The van der Waals surface area contributed by atoms with E-state index >= 15 is 0 Å². The molecule has 0 aliphatic carbocycles. The number of hydrogen-bond donors (Lipinski definition) is 3. The number of anilines is 1. The third-order valence-corrected chi connectivity index (χ3v) is 3.94. The van der Waals surface area contributed by atoms with Gasteiger partial charge in [0.1, 0.15) is 6.04 Å². The summed E-state index contributed by atoms with van der Waals surface area (Å²) < 4.78 is 0. The van der Waals surface area contributed by atoms with Crippen LogP contribution in [-0.2, 0) is 4.79 Å². The molecule has 1 aromatic heterocycles. The minimum atomic E-state index is -1.05. The molecule has 4 N–H and O–H groups in total. The largest absolute Gasteiger partial charge is 0.480 e. The standard InChI is InChI=1S/C11H18N4O2S/c1-15-4-2-7(3-5-15)13-11-14-8(6-18-11)9(12)10(16)17/h6-7,9H,2-5,12H2,1H3,(H,13,14)(H,16,17). The van der Waals surface area contributed by atoms with Crippen LogP contribution in [0, 0.1) is 0 Å². The van der Waals surface area contributed by atoms with Gasteiger partial charge in [-0.3, -0.25) is 4.79 Å². The summed E-state index contributed by atoms with van der Waals surface area (Å²) in [6, 6.07) is -0.615. The Bertz CT molecular complexity index is 415. The van der Waals surface area contributed by atoms with Crippen LogP contribution in [0.4, 0.5) is 5.13 Å². The molecule has 1 aliphatic rings. The van der Waals surface area contributed by atoms with Crippen molar-refractivity contribution in [3.63, 3.8) is 0 Å². The highest BCUT2D eigenvalue weighted by molar-refractivity contribution is 7.13. The summed E-state index contributed by atoms with van der Waals surface area (Å²) in [4.78, 5) is 17.3. The van der Waals surface area contributed by atoms with E-state index < -0.39 is 12.0 Å². The molecule has 1 aliphatic heterocycles. The molecule has 0 radical (unpaired) electrons. The molecule has 6 nitrogen and oxygen atoms in total. The fourth-order valence-corrected chi connectivity index (χ4v) is 2.77. The lowest BCUT2D eigenvalue weighted by atomic mass is 10.1. The molecule has 2 rings (SSSR count). The molecule has 1 unspecified atom stereocenters. The second-order valence-corrected chi connectivity index (χ2v) is 5.47. The Morgan fingerprint density at radius 2 is 2.33 bits per heavy atom. The number of nitrogens with two attached hydrogens (primary N) is 1. The van der Waals surface area contributed by atoms with Gasteiger partial charge in [-0.2, -0.15) is 0 Å². The molecule has 0 saturated carbocycles. The minimum Gasteiger partial charge on any atom is -0.480 e. The SMILES string of the molecule is CN1CCC(Nc2nc(C(N)C(=O)O)cs2)CC1. The average Bonchev–Trinajstić information content (AvgIpc) is 2.79. The van der Waals surface area contributed by atoms with Gasteiger partial charge in [0.25, 0.3) is 0 Å². The molecule has 1 saturated heterocycles. The molecule has 0 aromatic carbocycles. The van der Waals surface area contributed by atoms with Crippen LogP contribution in [0.25, 0.3) is 0 Å². The maximum atomic E-state index is 10.7. The van der Waals surface area contributed by atoms with Gasteiger partial charge in [0, 0.05) is 11.4 Å². The van der Waals surface area contributed by atoms with Crippen molar-refractivity contribution >= 4 is 22.4 Å². The Morgan fingerprint density at radius 1 is 1.67 bits per heavy atom. The predicted octanol–water partition coefficient (Wildman–Crippen LogP) is 0.734. The van der Waals surface area contributed by atoms with E-state index in [4.69, 9.17) is 10.8 Å². The molecule has 1 atom stereocenters. The van der Waals surface area contributed by atoms with E-state index in [1.807, 2.05) is 0 Å². The monoisotopic (exact) mass is 270 g/mol. The topological polar surface area (TPSA) is 91.5 Å². The summed E-state index contributed by atoms with van der Waals surface area (Å²) in [6.45, 7) is 2.15. The number of likely N-dealkylation sites (tertiary alicyclic amines) is 1. The normalized spacial score (nSPS) is 19.7. The van der Waals surface area contributed by atoms with Crippen molar-refractivity contribution in [2.24, 2.45) is 5.73 Å². The summed E-state index contributed by atoms with van der Waals surface area (Å²) in [5, 5.41) is 14.6. The second-order valence-electron chi connectivity index (χ2n) is 4.62. The van der Waals surface area contributed by atoms with Crippen LogP contribution in [-0.4, -0.2) is 47.1 Å². The van der Waals surface area contributed by atoms with Crippen LogP contribution >= 0.6 is 11.3 Å². The van der Waals surface area contributed by atoms with Gasteiger partial charge < -0.3 is 21.1 Å². The Hall–Kier alpha value is -1.18. The summed E-state index contributed by atoms with van der Waals surface area (Å²) in [6.07, 6.45) is 2.16. The van der Waals surface area contributed by atoms with Crippen LogP contribution < -0.4 is 11.1 Å². The van der Waals surface area contributed by atoms with E-state index in [0.717, 1.165) is 31.1 Å². The first-order chi connectivity index (χ1) is 8.56.